The summed E-state index contributed by atoms with van der Waals surface area (Å²) in [4.78, 5) is 0. The van der Waals surface area contributed by atoms with Gasteiger partial charge in [-0.1, -0.05) is 47.0 Å². The van der Waals surface area contributed by atoms with E-state index in [1.807, 2.05) is 6.92 Å². The van der Waals surface area contributed by atoms with E-state index >= 15 is 0 Å². The molecule has 19 heavy (non-hydrogen) atoms. The van der Waals surface area contributed by atoms with Crippen molar-refractivity contribution in [1.82, 2.24) is 5.32 Å². The standard InChI is InChI=1S/C15H31NO2S/c1-5-13(4)15(16-6-2)11-19(17,18)14-9-7-8-12(3)10-14/h12-16H,5-11H2,1-4H3. The van der Waals surface area contributed by atoms with Crippen LogP contribution < -0.4 is 5.32 Å². The fourth-order valence-electron chi connectivity index (χ4n) is 3.06. The third kappa shape index (κ3) is 5.07. The number of nitrogens with one attached hydrogen (secondary N) is 1. The Morgan fingerprint density at radius 3 is 2.47 bits per heavy atom. The molecule has 114 valence electrons. The van der Waals surface area contributed by atoms with Crippen LogP contribution in [0.25, 0.3) is 0 Å². The molecule has 0 aliphatic heterocycles. The first-order valence-corrected chi connectivity index (χ1v) is 9.57. The summed E-state index contributed by atoms with van der Waals surface area (Å²) in [5, 5.41) is 3.26. The topological polar surface area (TPSA) is 46.2 Å². The van der Waals surface area contributed by atoms with Gasteiger partial charge in [-0.25, -0.2) is 8.42 Å². The Morgan fingerprint density at radius 2 is 1.95 bits per heavy atom. The molecule has 0 bridgehead atoms. The second kappa shape index (κ2) is 7.63. The molecular formula is C15H31NO2S. The summed E-state index contributed by atoms with van der Waals surface area (Å²) in [6.45, 7) is 9.34. The van der Waals surface area contributed by atoms with Crippen LogP contribution in [0.15, 0.2) is 0 Å². The largest absolute Gasteiger partial charge is 0.313 e. The first kappa shape index (κ1) is 17.0. The Morgan fingerprint density at radius 1 is 1.26 bits per heavy atom. The molecule has 1 N–H and O–H groups in total. The molecule has 1 aliphatic carbocycles. The van der Waals surface area contributed by atoms with Crippen molar-refractivity contribution < 1.29 is 8.42 Å². The molecule has 1 fully saturated rings. The Hall–Kier alpha value is -0.0900. The SMILES string of the molecule is CCNC(CS(=O)(=O)C1CCCC(C)C1)C(C)CC. The molecule has 4 unspecified atom stereocenters. The molecule has 0 spiro atoms. The van der Waals surface area contributed by atoms with Gasteiger partial charge < -0.3 is 5.32 Å². The van der Waals surface area contributed by atoms with Crippen LogP contribution >= 0.6 is 0 Å². The maximum absolute atomic E-state index is 12.6. The molecule has 4 heteroatoms. The minimum atomic E-state index is -2.96. The van der Waals surface area contributed by atoms with Crippen molar-refractivity contribution in [1.29, 1.82) is 0 Å². The molecule has 0 aromatic rings. The molecule has 0 aromatic heterocycles. The lowest BCUT2D eigenvalue weighted by atomic mass is 9.91. The lowest BCUT2D eigenvalue weighted by molar-refractivity contribution is 0.371. The fraction of sp³-hybridized carbons (Fsp3) is 1.00. The molecular weight excluding hydrogens is 258 g/mol. The van der Waals surface area contributed by atoms with Crippen LogP contribution in [-0.4, -0.2) is 32.0 Å². The normalized spacial score (nSPS) is 28.0. The van der Waals surface area contributed by atoms with Crippen LogP contribution in [0.1, 0.15) is 59.8 Å². The van der Waals surface area contributed by atoms with E-state index in [0.717, 1.165) is 32.2 Å². The second-order valence-corrected chi connectivity index (χ2v) is 8.60. The van der Waals surface area contributed by atoms with E-state index in [2.05, 4.69) is 26.1 Å². The Labute approximate surface area is 119 Å². The molecule has 1 rings (SSSR count). The van der Waals surface area contributed by atoms with Crippen LogP contribution in [-0.2, 0) is 9.84 Å². The monoisotopic (exact) mass is 289 g/mol. The second-order valence-electron chi connectivity index (χ2n) is 6.27. The number of sulfone groups is 1. The Balaban J connectivity index is 2.70. The van der Waals surface area contributed by atoms with Crippen molar-refractivity contribution in [2.75, 3.05) is 12.3 Å². The Kier molecular flexibility index (Phi) is 6.81. The predicted molar refractivity (Wildman–Crippen MR) is 82.1 cm³/mol. The maximum atomic E-state index is 12.6. The molecule has 1 aliphatic rings. The summed E-state index contributed by atoms with van der Waals surface area (Å²) in [5.41, 5.74) is 0. The van der Waals surface area contributed by atoms with E-state index in [0.29, 0.717) is 17.6 Å². The van der Waals surface area contributed by atoms with E-state index in [-0.39, 0.29) is 11.3 Å². The fourth-order valence-corrected chi connectivity index (χ4v) is 5.43. The summed E-state index contributed by atoms with van der Waals surface area (Å²) in [6, 6.07) is 0.109. The van der Waals surface area contributed by atoms with Crippen LogP contribution in [0.4, 0.5) is 0 Å². The average Bonchev–Trinajstić information content (AvgIpc) is 2.37. The zero-order valence-corrected chi connectivity index (χ0v) is 13.8. The summed E-state index contributed by atoms with van der Waals surface area (Å²) >= 11 is 0. The van der Waals surface area contributed by atoms with Crippen molar-refractivity contribution >= 4 is 9.84 Å². The minimum absolute atomic E-state index is 0.0959. The maximum Gasteiger partial charge on any atom is 0.154 e. The van der Waals surface area contributed by atoms with Gasteiger partial charge in [0.05, 0.1) is 11.0 Å². The first-order chi connectivity index (χ1) is 8.90. The lowest BCUT2D eigenvalue weighted by Gasteiger charge is -2.30. The molecule has 0 aromatic carbocycles. The van der Waals surface area contributed by atoms with Crippen molar-refractivity contribution in [2.24, 2.45) is 11.8 Å². The lowest BCUT2D eigenvalue weighted by Crippen LogP contribution is -2.43. The van der Waals surface area contributed by atoms with Gasteiger partial charge in [-0.15, -0.1) is 0 Å². The van der Waals surface area contributed by atoms with Crippen LogP contribution in [0.5, 0.6) is 0 Å². The third-order valence-corrected chi connectivity index (χ3v) is 6.87. The van der Waals surface area contributed by atoms with Crippen LogP contribution in [0, 0.1) is 11.8 Å². The zero-order chi connectivity index (χ0) is 14.5. The summed E-state index contributed by atoms with van der Waals surface area (Å²) in [6.07, 6.45) is 5.01. The number of hydrogen-bond acceptors (Lipinski definition) is 3. The van der Waals surface area contributed by atoms with Gasteiger partial charge in [0.25, 0.3) is 0 Å². The van der Waals surface area contributed by atoms with Crippen molar-refractivity contribution in [2.45, 2.75) is 71.1 Å². The van der Waals surface area contributed by atoms with Crippen LogP contribution in [0.3, 0.4) is 0 Å². The highest BCUT2D eigenvalue weighted by Gasteiger charge is 2.33. The smallest absolute Gasteiger partial charge is 0.154 e. The number of rotatable bonds is 7. The third-order valence-electron chi connectivity index (χ3n) is 4.61. The quantitative estimate of drug-likeness (QED) is 0.783. The highest BCUT2D eigenvalue weighted by atomic mass is 32.2. The van der Waals surface area contributed by atoms with Gasteiger partial charge in [-0.2, -0.15) is 0 Å². The van der Waals surface area contributed by atoms with Crippen molar-refractivity contribution in [3.8, 4) is 0 Å². The van der Waals surface area contributed by atoms with Gasteiger partial charge in [0.2, 0.25) is 0 Å². The molecule has 3 nitrogen and oxygen atoms in total. The highest BCUT2D eigenvalue weighted by molar-refractivity contribution is 7.92. The molecule has 0 heterocycles. The minimum Gasteiger partial charge on any atom is -0.313 e. The highest BCUT2D eigenvalue weighted by Crippen LogP contribution is 2.29. The zero-order valence-electron chi connectivity index (χ0n) is 13.0. The summed E-state index contributed by atoms with van der Waals surface area (Å²) < 4.78 is 25.2. The summed E-state index contributed by atoms with van der Waals surface area (Å²) in [7, 11) is -2.96. The molecule has 0 radical (unpaired) electrons. The van der Waals surface area contributed by atoms with Gasteiger partial charge >= 0.3 is 0 Å². The molecule has 0 saturated heterocycles. The van der Waals surface area contributed by atoms with Crippen LogP contribution in [0.2, 0.25) is 0 Å². The molecule has 1 saturated carbocycles. The summed E-state index contributed by atoms with van der Waals surface area (Å²) in [5.74, 6) is 1.29. The van der Waals surface area contributed by atoms with Gasteiger partial charge in [-0.3, -0.25) is 0 Å². The Bertz CT molecular complexity index is 353. The molecule has 0 amide bonds. The van der Waals surface area contributed by atoms with Gasteiger partial charge in [0, 0.05) is 6.04 Å². The van der Waals surface area contributed by atoms with Gasteiger partial charge in [-0.05, 0) is 31.2 Å². The predicted octanol–water partition coefficient (Wildman–Crippen LogP) is 3.00. The van der Waals surface area contributed by atoms with E-state index < -0.39 is 9.84 Å². The van der Waals surface area contributed by atoms with E-state index in [1.54, 1.807) is 0 Å². The van der Waals surface area contributed by atoms with Crippen molar-refractivity contribution in [3.63, 3.8) is 0 Å². The van der Waals surface area contributed by atoms with Crippen molar-refractivity contribution in [3.05, 3.63) is 0 Å². The van der Waals surface area contributed by atoms with Gasteiger partial charge in [0.1, 0.15) is 0 Å². The van der Waals surface area contributed by atoms with Gasteiger partial charge in [0.15, 0.2) is 9.84 Å². The number of hydrogen-bond donors (Lipinski definition) is 1. The molecule has 4 atom stereocenters. The van der Waals surface area contributed by atoms with E-state index in [9.17, 15) is 8.42 Å². The van der Waals surface area contributed by atoms with E-state index in [4.69, 9.17) is 0 Å². The first-order valence-electron chi connectivity index (χ1n) is 7.85. The average molecular weight is 289 g/mol. The van der Waals surface area contributed by atoms with E-state index in [1.165, 1.54) is 6.42 Å².